The molecule has 1 aliphatic rings. The van der Waals surface area contributed by atoms with Gasteiger partial charge in [0.1, 0.15) is 0 Å². The summed E-state index contributed by atoms with van der Waals surface area (Å²) < 4.78 is 0. The summed E-state index contributed by atoms with van der Waals surface area (Å²) in [5.74, 6) is 1.01. The van der Waals surface area contributed by atoms with Crippen LogP contribution in [0.2, 0.25) is 0 Å². The van der Waals surface area contributed by atoms with Crippen molar-refractivity contribution in [1.29, 1.82) is 0 Å². The van der Waals surface area contributed by atoms with Crippen molar-refractivity contribution >= 4 is 5.82 Å². The Kier molecular flexibility index (Phi) is 4.10. The number of hydrogen-bond acceptors (Lipinski definition) is 4. The third-order valence-electron chi connectivity index (χ3n) is 2.99. The van der Waals surface area contributed by atoms with Crippen LogP contribution in [0.15, 0.2) is 18.3 Å². The fourth-order valence-electron chi connectivity index (χ4n) is 2.16. The van der Waals surface area contributed by atoms with E-state index in [0.29, 0.717) is 6.04 Å². The molecule has 1 saturated heterocycles. The second kappa shape index (κ2) is 5.80. The van der Waals surface area contributed by atoms with Gasteiger partial charge in [-0.1, -0.05) is 6.92 Å². The monoisotopic (exact) mass is 220 g/mol. The fourth-order valence-corrected chi connectivity index (χ4v) is 2.16. The number of nitrogens with one attached hydrogen (secondary N) is 1. The first-order valence-corrected chi connectivity index (χ1v) is 6.16. The molecule has 0 saturated carbocycles. The number of hydrogen-bond donors (Lipinski definition) is 1. The van der Waals surface area contributed by atoms with Crippen LogP contribution in [-0.2, 0) is 0 Å². The number of rotatable bonds is 4. The first-order chi connectivity index (χ1) is 7.90. The Hall–Kier alpha value is -1.16. The molecule has 0 radical (unpaired) electrons. The van der Waals surface area contributed by atoms with E-state index in [9.17, 15) is 0 Å². The van der Waals surface area contributed by atoms with Gasteiger partial charge >= 0.3 is 0 Å². The summed E-state index contributed by atoms with van der Waals surface area (Å²) >= 11 is 0. The summed E-state index contributed by atoms with van der Waals surface area (Å²) in [5.41, 5.74) is 0. The second-order valence-electron chi connectivity index (χ2n) is 4.32. The van der Waals surface area contributed by atoms with E-state index in [2.05, 4.69) is 27.3 Å². The third-order valence-corrected chi connectivity index (χ3v) is 2.99. The summed E-state index contributed by atoms with van der Waals surface area (Å²) in [4.78, 5) is 2.32. The molecule has 1 aromatic rings. The van der Waals surface area contributed by atoms with E-state index in [0.717, 1.165) is 25.5 Å². The van der Waals surface area contributed by atoms with Crippen LogP contribution < -0.4 is 10.2 Å². The topological polar surface area (TPSA) is 41.0 Å². The molecule has 4 nitrogen and oxygen atoms in total. The van der Waals surface area contributed by atoms with Crippen LogP contribution >= 0.6 is 0 Å². The van der Waals surface area contributed by atoms with Crippen molar-refractivity contribution in [3.63, 3.8) is 0 Å². The van der Waals surface area contributed by atoms with Gasteiger partial charge in [-0.2, -0.15) is 5.10 Å². The minimum Gasteiger partial charge on any atom is -0.354 e. The molecule has 88 valence electrons. The molecule has 0 aliphatic carbocycles. The molecule has 16 heavy (non-hydrogen) atoms. The zero-order chi connectivity index (χ0) is 11.2. The van der Waals surface area contributed by atoms with Crippen molar-refractivity contribution in [1.82, 2.24) is 15.5 Å². The molecule has 1 N–H and O–H groups in total. The van der Waals surface area contributed by atoms with E-state index >= 15 is 0 Å². The van der Waals surface area contributed by atoms with Gasteiger partial charge in [0.25, 0.3) is 0 Å². The summed E-state index contributed by atoms with van der Waals surface area (Å²) in [7, 11) is 0. The zero-order valence-corrected chi connectivity index (χ0v) is 9.89. The highest BCUT2D eigenvalue weighted by atomic mass is 15.3. The van der Waals surface area contributed by atoms with Gasteiger partial charge in [0.15, 0.2) is 5.82 Å². The molecule has 2 rings (SSSR count). The normalized spacial score (nSPS) is 21.1. The van der Waals surface area contributed by atoms with Crippen molar-refractivity contribution in [3.05, 3.63) is 18.3 Å². The van der Waals surface area contributed by atoms with Gasteiger partial charge in [-0.15, -0.1) is 5.10 Å². The maximum Gasteiger partial charge on any atom is 0.151 e. The van der Waals surface area contributed by atoms with Crippen LogP contribution in [0.4, 0.5) is 5.82 Å². The molecule has 2 heterocycles. The summed E-state index contributed by atoms with van der Waals surface area (Å²) in [5, 5.41) is 11.7. The number of anilines is 1. The smallest absolute Gasteiger partial charge is 0.151 e. The lowest BCUT2D eigenvalue weighted by Gasteiger charge is -2.33. The SMILES string of the molecule is CCCNC1CCCN(c2cccnn2)C1. The second-order valence-corrected chi connectivity index (χ2v) is 4.32. The lowest BCUT2D eigenvalue weighted by atomic mass is 10.1. The van der Waals surface area contributed by atoms with E-state index in [4.69, 9.17) is 0 Å². The summed E-state index contributed by atoms with van der Waals surface area (Å²) in [6.45, 7) is 5.47. The van der Waals surface area contributed by atoms with Crippen LogP contribution in [0.25, 0.3) is 0 Å². The maximum atomic E-state index is 4.17. The fraction of sp³-hybridized carbons (Fsp3) is 0.667. The van der Waals surface area contributed by atoms with Gasteiger partial charge in [0, 0.05) is 25.3 Å². The molecule has 0 amide bonds. The maximum absolute atomic E-state index is 4.17. The van der Waals surface area contributed by atoms with Gasteiger partial charge < -0.3 is 10.2 Å². The number of nitrogens with zero attached hydrogens (tertiary/aromatic N) is 3. The highest BCUT2D eigenvalue weighted by Crippen LogP contribution is 2.16. The molecule has 1 aromatic heterocycles. The van der Waals surface area contributed by atoms with Gasteiger partial charge in [0.2, 0.25) is 0 Å². The van der Waals surface area contributed by atoms with E-state index in [1.165, 1.54) is 19.3 Å². The van der Waals surface area contributed by atoms with E-state index in [1.807, 2.05) is 12.1 Å². The van der Waals surface area contributed by atoms with Crippen molar-refractivity contribution in [2.45, 2.75) is 32.2 Å². The first-order valence-electron chi connectivity index (χ1n) is 6.16. The van der Waals surface area contributed by atoms with Crippen molar-refractivity contribution in [3.8, 4) is 0 Å². The van der Waals surface area contributed by atoms with Crippen LogP contribution in [0.5, 0.6) is 0 Å². The number of piperidine rings is 1. The Bertz CT molecular complexity index is 301. The molecule has 0 aromatic carbocycles. The van der Waals surface area contributed by atoms with Crippen LogP contribution in [0.3, 0.4) is 0 Å². The molecule has 1 atom stereocenters. The predicted octanol–water partition coefficient (Wildman–Crippen LogP) is 1.44. The molecule has 1 unspecified atom stereocenters. The van der Waals surface area contributed by atoms with Crippen LogP contribution in [0.1, 0.15) is 26.2 Å². The Morgan fingerprint density at radius 3 is 3.25 bits per heavy atom. The highest BCUT2D eigenvalue weighted by Gasteiger charge is 2.19. The average molecular weight is 220 g/mol. The summed E-state index contributed by atoms with van der Waals surface area (Å²) in [6.07, 6.45) is 5.43. The Labute approximate surface area is 97.1 Å². The molecular weight excluding hydrogens is 200 g/mol. The van der Waals surface area contributed by atoms with Crippen molar-refractivity contribution < 1.29 is 0 Å². The predicted molar refractivity (Wildman–Crippen MR) is 65.6 cm³/mol. The Morgan fingerprint density at radius 2 is 2.50 bits per heavy atom. The minimum absolute atomic E-state index is 0.607. The molecule has 4 heteroatoms. The zero-order valence-electron chi connectivity index (χ0n) is 9.89. The van der Waals surface area contributed by atoms with Crippen LogP contribution in [0, 0.1) is 0 Å². The molecule has 0 spiro atoms. The van der Waals surface area contributed by atoms with Gasteiger partial charge in [-0.25, -0.2) is 0 Å². The molecule has 0 bridgehead atoms. The van der Waals surface area contributed by atoms with Gasteiger partial charge in [-0.3, -0.25) is 0 Å². The van der Waals surface area contributed by atoms with Gasteiger partial charge in [-0.05, 0) is 37.9 Å². The van der Waals surface area contributed by atoms with Crippen LogP contribution in [-0.4, -0.2) is 35.9 Å². The molecule has 1 fully saturated rings. The Balaban J connectivity index is 1.91. The van der Waals surface area contributed by atoms with E-state index in [1.54, 1.807) is 6.20 Å². The minimum atomic E-state index is 0.607. The highest BCUT2D eigenvalue weighted by molar-refractivity contribution is 5.37. The third kappa shape index (κ3) is 2.92. The summed E-state index contributed by atoms with van der Waals surface area (Å²) in [6, 6.07) is 4.59. The Morgan fingerprint density at radius 1 is 1.56 bits per heavy atom. The standard InChI is InChI=1S/C12H20N4/c1-2-7-13-11-5-4-9-16(10-11)12-6-3-8-14-15-12/h3,6,8,11,13H,2,4-5,7,9-10H2,1H3. The molecule has 1 aliphatic heterocycles. The number of aromatic nitrogens is 2. The lowest BCUT2D eigenvalue weighted by Crippen LogP contribution is -2.46. The largest absolute Gasteiger partial charge is 0.354 e. The quantitative estimate of drug-likeness (QED) is 0.833. The lowest BCUT2D eigenvalue weighted by molar-refractivity contribution is 0.421. The van der Waals surface area contributed by atoms with E-state index in [-0.39, 0.29) is 0 Å². The van der Waals surface area contributed by atoms with Gasteiger partial charge in [0.05, 0.1) is 0 Å². The average Bonchev–Trinajstić information content (AvgIpc) is 2.38. The first kappa shape index (κ1) is 11.3. The van der Waals surface area contributed by atoms with Crippen molar-refractivity contribution in [2.75, 3.05) is 24.5 Å². The molecular formula is C12H20N4. The van der Waals surface area contributed by atoms with E-state index < -0.39 is 0 Å². The van der Waals surface area contributed by atoms with Crippen molar-refractivity contribution in [2.24, 2.45) is 0 Å².